The minimum Gasteiger partial charge on any atom is -0.265 e. The van der Waals surface area contributed by atoms with Crippen LogP contribution in [0, 0.1) is 0 Å². The van der Waals surface area contributed by atoms with E-state index in [4.69, 9.17) is 69.6 Å². The average molecular weight is 438 g/mol. The summed E-state index contributed by atoms with van der Waals surface area (Å²) in [5, 5.41) is 0.538. The van der Waals surface area contributed by atoms with Crippen LogP contribution in [0.1, 0.15) is 0 Å². The Labute approximate surface area is 161 Å². The molecule has 1 fully saturated rings. The van der Waals surface area contributed by atoms with E-state index in [0.29, 0.717) is 0 Å². The standard InChI is InChI=1S/C12H7Cl6N3O2/c1-20-9(22)8(19-10(15)12(16,17)18)21(11(20)23)7-3-5(13)2-6(14)4-7/h2-4,10H,1H3/b19-8-. The van der Waals surface area contributed by atoms with Crippen LogP contribution in [-0.2, 0) is 4.79 Å². The predicted molar refractivity (Wildman–Crippen MR) is 94.5 cm³/mol. The summed E-state index contributed by atoms with van der Waals surface area (Å²) in [6.45, 7) is 0. The Bertz CT molecular complexity index is 682. The van der Waals surface area contributed by atoms with Crippen molar-refractivity contribution < 1.29 is 9.59 Å². The van der Waals surface area contributed by atoms with Crippen molar-refractivity contribution in [3.8, 4) is 0 Å². The number of hydrogen-bond donors (Lipinski definition) is 0. The van der Waals surface area contributed by atoms with Crippen molar-refractivity contribution in [1.29, 1.82) is 0 Å². The summed E-state index contributed by atoms with van der Waals surface area (Å²) in [4.78, 5) is 30.2. The molecule has 0 aromatic heterocycles. The molecule has 5 nitrogen and oxygen atoms in total. The number of benzene rings is 1. The molecule has 23 heavy (non-hydrogen) atoms. The van der Waals surface area contributed by atoms with Crippen LogP contribution in [0.4, 0.5) is 10.5 Å². The molecule has 1 saturated heterocycles. The van der Waals surface area contributed by atoms with Gasteiger partial charge in [-0.1, -0.05) is 69.6 Å². The molecule has 1 atom stereocenters. The summed E-state index contributed by atoms with van der Waals surface area (Å²) in [6.07, 6.45) is 0. The zero-order valence-electron chi connectivity index (χ0n) is 11.2. The lowest BCUT2D eigenvalue weighted by Gasteiger charge is -2.18. The van der Waals surface area contributed by atoms with Gasteiger partial charge < -0.3 is 0 Å². The number of urea groups is 1. The molecule has 0 saturated carbocycles. The lowest BCUT2D eigenvalue weighted by Crippen LogP contribution is -2.33. The second-order valence-electron chi connectivity index (χ2n) is 4.44. The number of amides is 3. The van der Waals surface area contributed by atoms with Crippen molar-refractivity contribution in [2.75, 3.05) is 11.9 Å². The number of rotatable bonds is 2. The summed E-state index contributed by atoms with van der Waals surface area (Å²) in [6, 6.07) is 3.68. The van der Waals surface area contributed by atoms with Crippen molar-refractivity contribution in [1.82, 2.24) is 4.90 Å². The molecule has 1 aliphatic heterocycles. The molecular weight excluding hydrogens is 431 g/mol. The van der Waals surface area contributed by atoms with Crippen molar-refractivity contribution in [3.05, 3.63) is 28.2 Å². The third-order valence-electron chi connectivity index (χ3n) is 2.80. The molecule has 3 amide bonds. The number of aliphatic imine (C=N–C) groups is 1. The maximum atomic E-state index is 12.3. The molecule has 1 aromatic rings. The molecule has 1 aromatic carbocycles. The first kappa shape index (κ1) is 18.9. The second-order valence-corrected chi connectivity index (χ2v) is 8.10. The zero-order chi connectivity index (χ0) is 17.5. The third-order valence-corrected chi connectivity index (χ3v) is 4.61. The van der Waals surface area contributed by atoms with Gasteiger partial charge in [-0.05, 0) is 18.2 Å². The van der Waals surface area contributed by atoms with Crippen molar-refractivity contribution in [2.24, 2.45) is 4.99 Å². The lowest BCUT2D eigenvalue weighted by molar-refractivity contribution is -0.119. The molecule has 1 unspecified atom stereocenters. The van der Waals surface area contributed by atoms with Gasteiger partial charge in [0.15, 0.2) is 5.50 Å². The number of alkyl halides is 4. The van der Waals surface area contributed by atoms with Gasteiger partial charge in [-0.25, -0.2) is 14.7 Å². The van der Waals surface area contributed by atoms with E-state index in [-0.39, 0.29) is 21.6 Å². The normalized spacial score (nSPS) is 19.0. The Hall–Kier alpha value is -0.430. The highest BCUT2D eigenvalue weighted by Crippen LogP contribution is 2.36. The van der Waals surface area contributed by atoms with Gasteiger partial charge in [0.1, 0.15) is 0 Å². The average Bonchev–Trinajstić information content (AvgIpc) is 2.61. The highest BCUT2D eigenvalue weighted by molar-refractivity contribution is 6.70. The Morgan fingerprint density at radius 1 is 1.09 bits per heavy atom. The smallest absolute Gasteiger partial charge is 0.265 e. The van der Waals surface area contributed by atoms with Gasteiger partial charge in [-0.3, -0.25) is 9.69 Å². The molecule has 0 aliphatic carbocycles. The first-order valence-corrected chi connectivity index (χ1v) is 8.22. The molecule has 0 bridgehead atoms. The Kier molecular flexibility index (Phi) is 5.61. The summed E-state index contributed by atoms with van der Waals surface area (Å²) in [7, 11) is 1.28. The lowest BCUT2D eigenvalue weighted by atomic mass is 10.3. The fraction of sp³-hybridized carbons (Fsp3) is 0.250. The van der Waals surface area contributed by atoms with E-state index in [1.54, 1.807) is 0 Å². The first-order chi connectivity index (χ1) is 10.5. The largest absolute Gasteiger partial charge is 0.337 e. The minimum absolute atomic E-state index is 0.233. The van der Waals surface area contributed by atoms with Gasteiger partial charge >= 0.3 is 6.03 Å². The third kappa shape index (κ3) is 3.98. The second kappa shape index (κ2) is 6.82. The number of hydrogen-bond acceptors (Lipinski definition) is 3. The predicted octanol–water partition coefficient (Wildman–Crippen LogP) is 4.73. The fourth-order valence-corrected chi connectivity index (χ4v) is 2.52. The van der Waals surface area contributed by atoms with Gasteiger partial charge in [0.05, 0.1) is 5.69 Å². The van der Waals surface area contributed by atoms with Gasteiger partial charge in [0, 0.05) is 17.1 Å². The number of anilines is 1. The number of carbonyl (C=O) groups is 2. The fourth-order valence-electron chi connectivity index (χ4n) is 1.77. The minimum atomic E-state index is -1.96. The highest BCUT2D eigenvalue weighted by atomic mass is 35.6. The monoisotopic (exact) mass is 435 g/mol. The van der Waals surface area contributed by atoms with Crippen LogP contribution < -0.4 is 4.90 Å². The topological polar surface area (TPSA) is 53.0 Å². The molecule has 11 heteroatoms. The van der Waals surface area contributed by atoms with E-state index >= 15 is 0 Å². The van der Waals surface area contributed by atoms with Gasteiger partial charge in [-0.2, -0.15) is 0 Å². The summed E-state index contributed by atoms with van der Waals surface area (Å²) < 4.78 is -1.96. The maximum Gasteiger partial charge on any atom is 0.337 e. The molecule has 0 spiro atoms. The van der Waals surface area contributed by atoms with Crippen molar-refractivity contribution in [3.63, 3.8) is 0 Å². The van der Waals surface area contributed by atoms with Crippen LogP contribution in [0.2, 0.25) is 10.0 Å². The van der Waals surface area contributed by atoms with E-state index in [1.165, 1.54) is 25.2 Å². The van der Waals surface area contributed by atoms with Crippen LogP contribution in [0.15, 0.2) is 23.2 Å². The highest BCUT2D eigenvalue weighted by Gasteiger charge is 2.43. The Morgan fingerprint density at radius 3 is 2.09 bits per heavy atom. The number of nitrogens with zero attached hydrogens (tertiary/aromatic N) is 3. The van der Waals surface area contributed by atoms with Crippen molar-refractivity contribution >= 4 is 93.1 Å². The maximum absolute atomic E-state index is 12.3. The molecule has 0 radical (unpaired) electrons. The van der Waals surface area contributed by atoms with Crippen molar-refractivity contribution in [2.45, 2.75) is 9.29 Å². The van der Waals surface area contributed by atoms with Gasteiger partial charge in [0.25, 0.3) is 5.91 Å². The van der Waals surface area contributed by atoms with E-state index in [0.717, 1.165) is 9.80 Å². The molecule has 124 valence electrons. The van der Waals surface area contributed by atoms with Crippen LogP contribution in [0.5, 0.6) is 0 Å². The number of amidine groups is 1. The van der Waals surface area contributed by atoms with E-state index in [1.807, 2.05) is 0 Å². The number of likely N-dealkylation sites (N-methyl/N-ethyl adjacent to an activating group) is 1. The molecular formula is C12H7Cl6N3O2. The van der Waals surface area contributed by atoms with Crippen LogP contribution in [0.3, 0.4) is 0 Å². The molecule has 1 heterocycles. The zero-order valence-corrected chi connectivity index (χ0v) is 15.8. The first-order valence-electron chi connectivity index (χ1n) is 5.89. The number of imide groups is 1. The van der Waals surface area contributed by atoms with Crippen LogP contribution >= 0.6 is 69.6 Å². The number of halogens is 6. The molecule has 0 N–H and O–H groups in total. The summed E-state index contributed by atoms with van der Waals surface area (Å²) >= 11 is 34.7. The SMILES string of the molecule is CN1C(=O)/C(=N/C(Cl)C(Cl)(Cl)Cl)N(c2cc(Cl)cc(Cl)c2)C1=O. The van der Waals surface area contributed by atoms with Gasteiger partial charge in [0.2, 0.25) is 9.63 Å². The Morgan fingerprint density at radius 2 is 1.61 bits per heavy atom. The summed E-state index contributed by atoms with van der Waals surface area (Å²) in [5.74, 6) is -1.01. The van der Waals surface area contributed by atoms with E-state index < -0.39 is 21.2 Å². The molecule has 1 aliphatic rings. The van der Waals surface area contributed by atoms with Crippen LogP contribution in [0.25, 0.3) is 0 Å². The Balaban J connectivity index is 2.56. The van der Waals surface area contributed by atoms with E-state index in [2.05, 4.69) is 4.99 Å². The quantitative estimate of drug-likeness (QED) is 0.381. The van der Waals surface area contributed by atoms with E-state index in [9.17, 15) is 9.59 Å². The molecule has 2 rings (SSSR count). The summed E-state index contributed by atoms with van der Waals surface area (Å²) in [5.41, 5.74) is -1.15. The van der Waals surface area contributed by atoms with Gasteiger partial charge in [-0.15, -0.1) is 0 Å². The number of carbonyl (C=O) groups excluding carboxylic acids is 2. The van der Waals surface area contributed by atoms with Crippen LogP contribution in [-0.4, -0.2) is 39.0 Å².